The topological polar surface area (TPSA) is 77.2 Å². The summed E-state index contributed by atoms with van der Waals surface area (Å²) in [5.74, 6) is -1.00. The number of aromatic nitrogens is 1. The van der Waals surface area contributed by atoms with Gasteiger partial charge >= 0.3 is 0 Å². The third kappa shape index (κ3) is 3.61. The highest BCUT2D eigenvalue weighted by atomic mass is 19.1. The summed E-state index contributed by atoms with van der Waals surface area (Å²) in [6, 6.07) is 1.80. The molecule has 0 aromatic carbocycles. The molecule has 1 amide bonds. The summed E-state index contributed by atoms with van der Waals surface area (Å²) < 4.78 is 17.2. The van der Waals surface area contributed by atoms with Crippen molar-refractivity contribution in [1.29, 1.82) is 0 Å². The Morgan fingerprint density at radius 2 is 2.47 bits per heavy atom. The van der Waals surface area contributed by atoms with Gasteiger partial charge in [-0.15, -0.1) is 0 Å². The SMILES string of the molecule is COCC(N)C(=O)Nc1ccc(F)nc1. The van der Waals surface area contributed by atoms with Gasteiger partial charge in [-0.25, -0.2) is 4.98 Å². The fourth-order valence-electron chi connectivity index (χ4n) is 0.940. The Morgan fingerprint density at radius 3 is 3.00 bits per heavy atom. The molecule has 1 aromatic rings. The van der Waals surface area contributed by atoms with Gasteiger partial charge in [0.1, 0.15) is 6.04 Å². The zero-order chi connectivity index (χ0) is 11.3. The van der Waals surface area contributed by atoms with E-state index in [1.54, 1.807) is 0 Å². The van der Waals surface area contributed by atoms with Gasteiger partial charge in [0, 0.05) is 7.11 Å². The lowest BCUT2D eigenvalue weighted by Crippen LogP contribution is -2.39. The van der Waals surface area contributed by atoms with Crippen LogP contribution in [0.4, 0.5) is 10.1 Å². The van der Waals surface area contributed by atoms with Gasteiger partial charge in [-0.1, -0.05) is 0 Å². The molecule has 0 radical (unpaired) electrons. The van der Waals surface area contributed by atoms with Crippen molar-refractivity contribution in [1.82, 2.24) is 4.98 Å². The van der Waals surface area contributed by atoms with Crippen LogP contribution in [-0.2, 0) is 9.53 Å². The van der Waals surface area contributed by atoms with Crippen molar-refractivity contribution >= 4 is 11.6 Å². The molecule has 5 nitrogen and oxygen atoms in total. The van der Waals surface area contributed by atoms with Crippen molar-refractivity contribution in [2.24, 2.45) is 5.73 Å². The largest absolute Gasteiger partial charge is 0.383 e. The maximum atomic E-state index is 12.4. The molecular formula is C9H12FN3O2. The first-order chi connectivity index (χ1) is 7.13. The lowest BCUT2D eigenvalue weighted by molar-refractivity contribution is -0.118. The summed E-state index contributed by atoms with van der Waals surface area (Å²) in [4.78, 5) is 14.7. The van der Waals surface area contributed by atoms with Crippen LogP contribution in [0.15, 0.2) is 18.3 Å². The lowest BCUT2D eigenvalue weighted by atomic mass is 10.3. The number of ether oxygens (including phenoxy) is 1. The standard InChI is InChI=1S/C9H12FN3O2/c1-15-5-7(11)9(14)13-6-2-3-8(10)12-4-6/h2-4,7H,5,11H2,1H3,(H,13,14). The van der Waals surface area contributed by atoms with E-state index in [9.17, 15) is 9.18 Å². The van der Waals surface area contributed by atoms with Gasteiger partial charge in [-0.3, -0.25) is 4.79 Å². The average molecular weight is 213 g/mol. The van der Waals surface area contributed by atoms with Gasteiger partial charge < -0.3 is 15.8 Å². The highest BCUT2D eigenvalue weighted by Crippen LogP contribution is 2.05. The van der Waals surface area contributed by atoms with Crippen LogP contribution in [0.5, 0.6) is 0 Å². The van der Waals surface area contributed by atoms with E-state index in [-0.39, 0.29) is 6.61 Å². The van der Waals surface area contributed by atoms with Crippen molar-refractivity contribution < 1.29 is 13.9 Å². The molecule has 0 aliphatic carbocycles. The molecule has 0 bridgehead atoms. The van der Waals surface area contributed by atoms with Gasteiger partial charge in [0.2, 0.25) is 11.9 Å². The van der Waals surface area contributed by atoms with E-state index in [0.29, 0.717) is 5.69 Å². The molecule has 0 aliphatic heterocycles. The molecule has 0 saturated heterocycles. The molecule has 0 aliphatic rings. The molecule has 0 saturated carbocycles. The quantitative estimate of drug-likeness (QED) is 0.697. The molecule has 0 fully saturated rings. The van der Waals surface area contributed by atoms with E-state index in [1.165, 1.54) is 19.4 Å². The number of amides is 1. The summed E-state index contributed by atoms with van der Waals surface area (Å²) in [6.07, 6.45) is 1.22. The number of carbonyl (C=O) groups is 1. The Hall–Kier alpha value is -1.53. The van der Waals surface area contributed by atoms with E-state index >= 15 is 0 Å². The first kappa shape index (κ1) is 11.5. The van der Waals surface area contributed by atoms with Crippen LogP contribution < -0.4 is 11.1 Å². The molecule has 1 heterocycles. The number of rotatable bonds is 4. The Labute approximate surface area is 86.4 Å². The monoisotopic (exact) mass is 213 g/mol. The Bertz CT molecular complexity index is 329. The average Bonchev–Trinajstić information content (AvgIpc) is 2.22. The number of halogens is 1. The predicted octanol–water partition coefficient (Wildman–Crippen LogP) is 0.133. The molecule has 3 N–H and O–H groups in total. The molecule has 1 rings (SSSR count). The number of anilines is 1. The summed E-state index contributed by atoms with van der Waals surface area (Å²) in [5, 5.41) is 2.48. The van der Waals surface area contributed by atoms with Crippen LogP contribution in [0.2, 0.25) is 0 Å². The van der Waals surface area contributed by atoms with Gasteiger partial charge in [-0.05, 0) is 12.1 Å². The number of methoxy groups -OCH3 is 1. The van der Waals surface area contributed by atoms with Crippen molar-refractivity contribution in [3.63, 3.8) is 0 Å². The van der Waals surface area contributed by atoms with Crippen LogP contribution in [-0.4, -0.2) is 30.6 Å². The number of nitrogens with one attached hydrogen (secondary N) is 1. The third-order valence-corrected chi connectivity index (χ3v) is 1.68. The summed E-state index contributed by atoms with van der Waals surface area (Å²) in [6.45, 7) is 0.125. The first-order valence-electron chi connectivity index (χ1n) is 4.30. The van der Waals surface area contributed by atoms with Crippen molar-refractivity contribution in [2.75, 3.05) is 19.0 Å². The van der Waals surface area contributed by atoms with Crippen LogP contribution in [0.25, 0.3) is 0 Å². The lowest BCUT2D eigenvalue weighted by Gasteiger charge is -2.10. The number of pyridine rings is 1. The van der Waals surface area contributed by atoms with Gasteiger partial charge in [0.05, 0.1) is 18.5 Å². The van der Waals surface area contributed by atoms with E-state index in [0.717, 1.165) is 6.07 Å². The van der Waals surface area contributed by atoms with Crippen molar-refractivity contribution in [3.8, 4) is 0 Å². The van der Waals surface area contributed by atoms with E-state index < -0.39 is 17.9 Å². The summed E-state index contributed by atoms with van der Waals surface area (Å²) in [7, 11) is 1.45. The van der Waals surface area contributed by atoms with Gasteiger partial charge in [-0.2, -0.15) is 4.39 Å². The zero-order valence-corrected chi connectivity index (χ0v) is 8.24. The Morgan fingerprint density at radius 1 is 1.73 bits per heavy atom. The molecule has 1 aromatic heterocycles. The van der Waals surface area contributed by atoms with Crippen LogP contribution in [0, 0.1) is 5.95 Å². The van der Waals surface area contributed by atoms with Gasteiger partial charge in [0.15, 0.2) is 0 Å². The molecule has 15 heavy (non-hydrogen) atoms. The number of hydrogen-bond acceptors (Lipinski definition) is 4. The zero-order valence-electron chi connectivity index (χ0n) is 8.24. The summed E-state index contributed by atoms with van der Waals surface area (Å²) in [5.41, 5.74) is 5.87. The highest BCUT2D eigenvalue weighted by Gasteiger charge is 2.12. The van der Waals surface area contributed by atoms with Crippen LogP contribution >= 0.6 is 0 Å². The minimum Gasteiger partial charge on any atom is -0.383 e. The van der Waals surface area contributed by atoms with E-state index in [2.05, 4.69) is 10.3 Å². The van der Waals surface area contributed by atoms with E-state index in [4.69, 9.17) is 10.5 Å². The first-order valence-corrected chi connectivity index (χ1v) is 4.30. The predicted molar refractivity (Wildman–Crippen MR) is 52.7 cm³/mol. The third-order valence-electron chi connectivity index (χ3n) is 1.68. The number of nitrogens with zero attached hydrogens (tertiary/aromatic N) is 1. The second-order valence-corrected chi connectivity index (χ2v) is 2.92. The molecule has 0 spiro atoms. The molecule has 1 unspecified atom stereocenters. The van der Waals surface area contributed by atoms with Crippen LogP contribution in [0.3, 0.4) is 0 Å². The molecule has 1 atom stereocenters. The summed E-state index contributed by atoms with van der Waals surface area (Å²) >= 11 is 0. The Balaban J connectivity index is 2.54. The second-order valence-electron chi connectivity index (χ2n) is 2.92. The van der Waals surface area contributed by atoms with Crippen molar-refractivity contribution in [3.05, 3.63) is 24.3 Å². The minimum absolute atomic E-state index is 0.125. The second kappa shape index (κ2) is 5.38. The molecule has 6 heteroatoms. The number of nitrogens with two attached hydrogens (primary N) is 1. The fourth-order valence-corrected chi connectivity index (χ4v) is 0.940. The van der Waals surface area contributed by atoms with Gasteiger partial charge in [0.25, 0.3) is 0 Å². The van der Waals surface area contributed by atoms with Crippen molar-refractivity contribution in [2.45, 2.75) is 6.04 Å². The number of hydrogen-bond donors (Lipinski definition) is 2. The molecular weight excluding hydrogens is 201 g/mol. The fraction of sp³-hybridized carbons (Fsp3) is 0.333. The van der Waals surface area contributed by atoms with Crippen LogP contribution in [0.1, 0.15) is 0 Å². The maximum absolute atomic E-state index is 12.4. The maximum Gasteiger partial charge on any atom is 0.243 e. The highest BCUT2D eigenvalue weighted by molar-refractivity contribution is 5.94. The Kier molecular flexibility index (Phi) is 4.14. The number of carbonyl (C=O) groups excluding carboxylic acids is 1. The van der Waals surface area contributed by atoms with E-state index in [1.807, 2.05) is 0 Å². The smallest absolute Gasteiger partial charge is 0.243 e. The normalized spacial score (nSPS) is 12.2. The molecule has 82 valence electrons. The minimum atomic E-state index is -0.750.